The summed E-state index contributed by atoms with van der Waals surface area (Å²) in [5.74, 6) is 0.801. The Morgan fingerprint density at radius 2 is 1.64 bits per heavy atom. The highest BCUT2D eigenvalue weighted by Crippen LogP contribution is 2.26. The first kappa shape index (κ1) is 31.5. The van der Waals surface area contributed by atoms with Gasteiger partial charge in [0.05, 0.1) is 6.42 Å². The van der Waals surface area contributed by atoms with Crippen LogP contribution in [-0.4, -0.2) is 66.0 Å². The van der Waals surface area contributed by atoms with Crippen molar-refractivity contribution in [3.8, 4) is 0 Å². The summed E-state index contributed by atoms with van der Waals surface area (Å²) >= 11 is 0. The number of hydrogen-bond acceptors (Lipinski definition) is 4. The number of piperazine rings is 1. The molecular formula is C35H50N6O. The normalized spacial score (nSPS) is 18.4. The van der Waals surface area contributed by atoms with Gasteiger partial charge in [-0.15, -0.1) is 0 Å². The highest BCUT2D eigenvalue weighted by molar-refractivity contribution is 5.85. The first-order valence-electron chi connectivity index (χ1n) is 15.5. The van der Waals surface area contributed by atoms with Crippen molar-refractivity contribution in [3.63, 3.8) is 0 Å². The third-order valence-corrected chi connectivity index (χ3v) is 8.28. The van der Waals surface area contributed by atoms with Gasteiger partial charge >= 0.3 is 0 Å². The number of nitrogens with zero attached hydrogens (tertiary/aromatic N) is 3. The van der Waals surface area contributed by atoms with Gasteiger partial charge in [0.2, 0.25) is 5.91 Å². The predicted octanol–water partition coefficient (Wildman–Crippen LogP) is 4.55. The molecule has 0 spiro atoms. The Morgan fingerprint density at radius 3 is 2.33 bits per heavy atom. The lowest BCUT2D eigenvalue weighted by Crippen LogP contribution is -2.62. The summed E-state index contributed by atoms with van der Waals surface area (Å²) in [5.41, 5.74) is 22.8. The standard InChI is InChI=1S/C35H50N6O/c1-24(2)14-33-22-40(21-31(36)19-28-16-25(3)15-26(4)17-28)32(10-7-13-39-35(37)38)23-41(33)34(42)20-27-11-12-29-8-5-6-9-30(29)18-27/h5-6,8-9,11-12,15-18,24,31-33H,7,10,13-14,19-23,36H2,1-4H3,(H4,37,38,39)/t31-,32-,33+/m0/s1. The number of amides is 1. The molecule has 0 unspecified atom stereocenters. The van der Waals surface area contributed by atoms with E-state index in [1.165, 1.54) is 27.5 Å². The Morgan fingerprint density at radius 1 is 0.929 bits per heavy atom. The summed E-state index contributed by atoms with van der Waals surface area (Å²) in [6.07, 6.45) is 3.96. The van der Waals surface area contributed by atoms with Crippen molar-refractivity contribution >= 4 is 22.6 Å². The average molecular weight is 571 g/mol. The second-order valence-electron chi connectivity index (χ2n) is 12.7. The molecule has 1 heterocycles. The topological polar surface area (TPSA) is 114 Å². The molecule has 3 aromatic carbocycles. The van der Waals surface area contributed by atoms with Crippen LogP contribution >= 0.6 is 0 Å². The van der Waals surface area contributed by atoms with Crippen LogP contribution in [-0.2, 0) is 17.6 Å². The predicted molar refractivity (Wildman–Crippen MR) is 175 cm³/mol. The zero-order valence-electron chi connectivity index (χ0n) is 25.9. The summed E-state index contributed by atoms with van der Waals surface area (Å²) in [5, 5.41) is 2.36. The molecule has 1 amide bonds. The van der Waals surface area contributed by atoms with E-state index in [2.05, 4.69) is 91.0 Å². The molecule has 0 bridgehead atoms. The molecule has 42 heavy (non-hydrogen) atoms. The lowest BCUT2D eigenvalue weighted by molar-refractivity contribution is -0.138. The Bertz CT molecular complexity index is 1340. The van der Waals surface area contributed by atoms with Gasteiger partial charge in [-0.2, -0.15) is 0 Å². The molecular weight excluding hydrogens is 520 g/mol. The molecule has 3 atom stereocenters. The maximum absolute atomic E-state index is 13.9. The average Bonchev–Trinajstić information content (AvgIpc) is 2.90. The Balaban J connectivity index is 1.52. The number of aryl methyl sites for hydroxylation is 2. The number of guanidine groups is 1. The number of nitrogens with two attached hydrogens (primary N) is 3. The second-order valence-corrected chi connectivity index (χ2v) is 12.7. The van der Waals surface area contributed by atoms with Gasteiger partial charge in [-0.3, -0.25) is 14.7 Å². The van der Waals surface area contributed by atoms with Crippen LogP contribution in [0, 0.1) is 19.8 Å². The monoisotopic (exact) mass is 570 g/mol. The molecule has 0 aliphatic carbocycles. The minimum atomic E-state index is 0.00552. The number of rotatable bonds is 12. The van der Waals surface area contributed by atoms with Crippen LogP contribution in [0.1, 0.15) is 55.4 Å². The van der Waals surface area contributed by atoms with Crippen LogP contribution in [0.2, 0.25) is 0 Å². The summed E-state index contributed by atoms with van der Waals surface area (Å²) in [7, 11) is 0. The van der Waals surface area contributed by atoms with E-state index < -0.39 is 0 Å². The first-order chi connectivity index (χ1) is 20.1. The molecule has 0 aromatic heterocycles. The molecule has 1 fully saturated rings. The van der Waals surface area contributed by atoms with E-state index in [0.29, 0.717) is 25.4 Å². The van der Waals surface area contributed by atoms with Crippen LogP contribution in [0.5, 0.6) is 0 Å². The highest BCUT2D eigenvalue weighted by atomic mass is 16.2. The van der Waals surface area contributed by atoms with Crippen molar-refractivity contribution in [1.82, 2.24) is 9.80 Å². The van der Waals surface area contributed by atoms with Crippen LogP contribution in [0.25, 0.3) is 10.8 Å². The smallest absolute Gasteiger partial charge is 0.227 e. The number of carbonyl (C=O) groups excluding carboxylic acids is 1. The summed E-state index contributed by atoms with van der Waals surface area (Å²) in [4.78, 5) is 22.8. The van der Waals surface area contributed by atoms with Crippen molar-refractivity contribution in [1.29, 1.82) is 0 Å². The fraction of sp³-hybridized carbons (Fsp3) is 0.486. The van der Waals surface area contributed by atoms with E-state index >= 15 is 0 Å². The zero-order valence-corrected chi connectivity index (χ0v) is 25.9. The van der Waals surface area contributed by atoms with Gasteiger partial charge in [-0.1, -0.05) is 85.6 Å². The minimum Gasteiger partial charge on any atom is -0.370 e. The lowest BCUT2D eigenvalue weighted by Gasteiger charge is -2.48. The third kappa shape index (κ3) is 9.04. The molecule has 1 saturated heterocycles. The van der Waals surface area contributed by atoms with E-state index in [-0.39, 0.29) is 30.0 Å². The zero-order chi connectivity index (χ0) is 30.2. The minimum absolute atomic E-state index is 0.00552. The number of hydrogen-bond donors (Lipinski definition) is 3. The maximum Gasteiger partial charge on any atom is 0.227 e. The molecule has 7 nitrogen and oxygen atoms in total. The third-order valence-electron chi connectivity index (χ3n) is 8.28. The number of aliphatic imine (C=N–C) groups is 1. The van der Waals surface area contributed by atoms with Gasteiger partial charge in [0.1, 0.15) is 0 Å². The maximum atomic E-state index is 13.9. The van der Waals surface area contributed by atoms with E-state index in [4.69, 9.17) is 17.2 Å². The molecule has 0 radical (unpaired) electrons. The number of benzene rings is 3. The van der Waals surface area contributed by atoms with Crippen molar-refractivity contribution in [3.05, 3.63) is 82.9 Å². The second kappa shape index (κ2) is 14.7. The van der Waals surface area contributed by atoms with Gasteiger partial charge < -0.3 is 22.1 Å². The quantitative estimate of drug-likeness (QED) is 0.168. The van der Waals surface area contributed by atoms with E-state index in [0.717, 1.165) is 44.3 Å². The van der Waals surface area contributed by atoms with Gasteiger partial charge in [0.15, 0.2) is 5.96 Å². The van der Waals surface area contributed by atoms with Crippen LogP contribution < -0.4 is 17.2 Å². The first-order valence-corrected chi connectivity index (χ1v) is 15.5. The fourth-order valence-corrected chi connectivity index (χ4v) is 6.57. The Kier molecular flexibility index (Phi) is 11.0. The van der Waals surface area contributed by atoms with Crippen LogP contribution in [0.15, 0.2) is 65.7 Å². The van der Waals surface area contributed by atoms with Gasteiger partial charge in [-0.25, -0.2) is 0 Å². The molecule has 1 aliphatic heterocycles. The van der Waals surface area contributed by atoms with Crippen molar-refractivity contribution in [2.75, 3.05) is 26.2 Å². The van der Waals surface area contributed by atoms with E-state index in [9.17, 15) is 4.79 Å². The van der Waals surface area contributed by atoms with Crippen molar-refractivity contribution in [2.24, 2.45) is 28.1 Å². The fourth-order valence-electron chi connectivity index (χ4n) is 6.57. The molecule has 7 heteroatoms. The highest BCUT2D eigenvalue weighted by Gasteiger charge is 2.36. The van der Waals surface area contributed by atoms with Crippen LogP contribution in [0.4, 0.5) is 0 Å². The van der Waals surface area contributed by atoms with Gasteiger partial charge in [0.25, 0.3) is 0 Å². The molecule has 3 aromatic rings. The summed E-state index contributed by atoms with van der Waals surface area (Å²) in [6, 6.07) is 21.7. The molecule has 4 rings (SSSR count). The van der Waals surface area contributed by atoms with Crippen LogP contribution in [0.3, 0.4) is 0 Å². The van der Waals surface area contributed by atoms with Gasteiger partial charge in [-0.05, 0) is 67.3 Å². The summed E-state index contributed by atoms with van der Waals surface area (Å²) < 4.78 is 0. The molecule has 1 aliphatic rings. The number of carbonyl (C=O) groups is 1. The molecule has 226 valence electrons. The van der Waals surface area contributed by atoms with Gasteiger partial charge in [0, 0.05) is 44.3 Å². The summed E-state index contributed by atoms with van der Waals surface area (Å²) in [6.45, 7) is 11.7. The van der Waals surface area contributed by atoms with Crippen molar-refractivity contribution < 1.29 is 4.79 Å². The molecule has 0 saturated carbocycles. The Hall–Kier alpha value is -3.42. The SMILES string of the molecule is Cc1cc(C)cc(C[C@H](N)CN2C[C@@H](CC(C)C)N(C(=O)Cc3ccc4ccccc4c3)C[C@@H]2CCCN=C(N)N)c1. The number of fused-ring (bicyclic) bond motifs is 1. The lowest BCUT2D eigenvalue weighted by atomic mass is 9.93. The molecule has 6 N–H and O–H groups in total. The Labute approximate surface area is 252 Å². The van der Waals surface area contributed by atoms with Crippen molar-refractivity contribution in [2.45, 2.75) is 77.9 Å². The van der Waals surface area contributed by atoms with E-state index in [1.807, 2.05) is 12.1 Å². The van der Waals surface area contributed by atoms with E-state index in [1.54, 1.807) is 0 Å². The largest absolute Gasteiger partial charge is 0.370 e.